The monoisotopic (exact) mass is 588 g/mol. The number of hydrogen-bond acceptors (Lipinski definition) is 9. The van der Waals surface area contributed by atoms with Gasteiger partial charge in [-0.1, -0.05) is 24.3 Å². The number of anilines is 2. The Morgan fingerprint density at radius 2 is 1.88 bits per heavy atom. The van der Waals surface area contributed by atoms with Crippen LogP contribution in [0.1, 0.15) is 31.2 Å². The highest BCUT2D eigenvalue weighted by molar-refractivity contribution is 7.92. The number of pyridine rings is 1. The van der Waals surface area contributed by atoms with Gasteiger partial charge in [-0.15, -0.1) is 0 Å². The largest absolute Gasteiger partial charge is 0.437 e. The van der Waals surface area contributed by atoms with E-state index < -0.39 is 10.0 Å². The fraction of sp³-hybridized carbons (Fsp3) is 0.387. The lowest BCUT2D eigenvalue weighted by Crippen LogP contribution is -2.38. The number of piperidine rings is 1. The van der Waals surface area contributed by atoms with Crippen LogP contribution in [0, 0.1) is 12.8 Å². The minimum atomic E-state index is -3.55. The van der Waals surface area contributed by atoms with Crippen LogP contribution < -0.4 is 20.1 Å². The molecule has 11 heteroatoms. The fourth-order valence-electron chi connectivity index (χ4n) is 5.60. The molecular formula is C31H36N6O4S. The molecule has 4 aromatic rings. The van der Waals surface area contributed by atoms with Crippen molar-refractivity contribution < 1.29 is 17.9 Å². The molecule has 0 spiro atoms. The number of nitrogens with zero attached hydrogens (tertiary/aromatic N) is 3. The first-order valence-corrected chi connectivity index (χ1v) is 16.1. The van der Waals surface area contributed by atoms with Crippen molar-refractivity contribution in [3.05, 3.63) is 66.5 Å². The SMILES string of the molecule is Cc1ccc2c(NS(=O)(=O)CC3CCOCC3)cccc2c1Oc1ncccc1-c1ccnc(NC2CCCNC2)n1. The molecule has 2 aromatic heterocycles. The summed E-state index contributed by atoms with van der Waals surface area (Å²) in [6.45, 7) is 5.09. The zero-order valence-corrected chi connectivity index (χ0v) is 24.5. The Bertz CT molecular complexity index is 1650. The van der Waals surface area contributed by atoms with Gasteiger partial charge in [0.25, 0.3) is 0 Å². The fourth-order valence-corrected chi connectivity index (χ4v) is 7.15. The second-order valence-electron chi connectivity index (χ2n) is 11.0. The standard InChI is InChI=1S/C31H36N6O4S/c1-21-9-10-24-25(6-2-8-28(24)37-42(38,39)20-22-12-17-40-18-13-22)29(21)41-30-26(7-4-15-33-30)27-11-16-34-31(36-27)35-23-5-3-14-32-19-23/h2,4,6-11,15-16,22-23,32,37H,3,5,12-14,17-20H2,1H3,(H,34,35,36). The Kier molecular flexibility index (Phi) is 8.50. The minimum absolute atomic E-state index is 0.0757. The first kappa shape index (κ1) is 28.3. The molecule has 1 unspecified atom stereocenters. The molecule has 2 aliphatic heterocycles. The van der Waals surface area contributed by atoms with E-state index in [-0.39, 0.29) is 17.7 Å². The molecule has 0 bridgehead atoms. The Labute approximate surface area is 246 Å². The molecule has 42 heavy (non-hydrogen) atoms. The highest BCUT2D eigenvalue weighted by atomic mass is 32.2. The van der Waals surface area contributed by atoms with E-state index in [2.05, 4.69) is 25.3 Å². The predicted octanol–water partition coefficient (Wildman–Crippen LogP) is 5.12. The van der Waals surface area contributed by atoms with Crippen LogP contribution >= 0.6 is 0 Å². The van der Waals surface area contributed by atoms with Crippen LogP contribution in [-0.4, -0.2) is 61.5 Å². The third-order valence-corrected chi connectivity index (χ3v) is 9.24. The van der Waals surface area contributed by atoms with E-state index in [4.69, 9.17) is 14.5 Å². The number of benzene rings is 2. The maximum Gasteiger partial charge on any atom is 0.233 e. The van der Waals surface area contributed by atoms with Crippen molar-refractivity contribution >= 4 is 32.4 Å². The Hall–Kier alpha value is -3.80. The van der Waals surface area contributed by atoms with Gasteiger partial charge in [0.2, 0.25) is 21.9 Å². The lowest BCUT2D eigenvalue weighted by Gasteiger charge is -2.23. The summed E-state index contributed by atoms with van der Waals surface area (Å²) < 4.78 is 40.9. The van der Waals surface area contributed by atoms with Gasteiger partial charge >= 0.3 is 0 Å². The average molecular weight is 589 g/mol. The molecule has 0 radical (unpaired) electrons. The minimum Gasteiger partial charge on any atom is -0.437 e. The third kappa shape index (κ3) is 6.64. The maximum atomic E-state index is 13.1. The number of fused-ring (bicyclic) bond motifs is 1. The van der Waals surface area contributed by atoms with E-state index in [9.17, 15) is 8.42 Å². The number of nitrogens with one attached hydrogen (secondary N) is 3. The van der Waals surface area contributed by atoms with Gasteiger partial charge < -0.3 is 20.1 Å². The maximum absolute atomic E-state index is 13.1. The lowest BCUT2D eigenvalue weighted by atomic mass is 10.0. The number of sulfonamides is 1. The molecule has 220 valence electrons. The van der Waals surface area contributed by atoms with Crippen LogP contribution in [0.5, 0.6) is 11.6 Å². The smallest absolute Gasteiger partial charge is 0.233 e. The van der Waals surface area contributed by atoms with Crippen molar-refractivity contribution in [2.75, 3.05) is 42.1 Å². The molecule has 0 amide bonds. The second-order valence-corrected chi connectivity index (χ2v) is 12.7. The molecule has 0 aliphatic carbocycles. The van der Waals surface area contributed by atoms with E-state index >= 15 is 0 Å². The van der Waals surface area contributed by atoms with Crippen LogP contribution in [0.4, 0.5) is 11.6 Å². The Morgan fingerprint density at radius 3 is 2.71 bits per heavy atom. The molecule has 0 saturated carbocycles. The molecule has 6 rings (SSSR count). The second kappa shape index (κ2) is 12.6. The number of ether oxygens (including phenoxy) is 2. The predicted molar refractivity (Wildman–Crippen MR) is 164 cm³/mol. The van der Waals surface area contributed by atoms with E-state index in [1.165, 1.54) is 0 Å². The van der Waals surface area contributed by atoms with Crippen molar-refractivity contribution in [3.63, 3.8) is 0 Å². The van der Waals surface area contributed by atoms with Crippen LogP contribution in [0.2, 0.25) is 0 Å². The van der Waals surface area contributed by atoms with Crippen molar-refractivity contribution in [3.8, 4) is 22.9 Å². The van der Waals surface area contributed by atoms with Crippen molar-refractivity contribution in [2.45, 2.75) is 38.6 Å². The molecule has 10 nitrogen and oxygen atoms in total. The molecule has 3 N–H and O–H groups in total. The van der Waals surface area contributed by atoms with Crippen molar-refractivity contribution in [2.24, 2.45) is 5.92 Å². The van der Waals surface area contributed by atoms with E-state index in [1.807, 2.05) is 49.4 Å². The molecular weight excluding hydrogens is 552 g/mol. The molecule has 4 heterocycles. The summed E-state index contributed by atoms with van der Waals surface area (Å²) >= 11 is 0. The summed E-state index contributed by atoms with van der Waals surface area (Å²) in [5, 5.41) is 8.37. The Balaban J connectivity index is 1.28. The van der Waals surface area contributed by atoms with Crippen LogP contribution in [-0.2, 0) is 14.8 Å². The number of aryl methyl sites for hydroxylation is 1. The normalized spacial score (nSPS) is 18.1. The van der Waals surface area contributed by atoms with Crippen LogP contribution in [0.3, 0.4) is 0 Å². The number of aromatic nitrogens is 3. The summed E-state index contributed by atoms with van der Waals surface area (Å²) in [4.78, 5) is 13.8. The first-order chi connectivity index (χ1) is 20.4. The van der Waals surface area contributed by atoms with Gasteiger partial charge in [-0.2, -0.15) is 0 Å². The lowest BCUT2D eigenvalue weighted by molar-refractivity contribution is 0.0724. The number of rotatable bonds is 9. The summed E-state index contributed by atoms with van der Waals surface area (Å²) in [6, 6.07) is 15.3. The van der Waals surface area contributed by atoms with Crippen LogP contribution in [0.25, 0.3) is 22.0 Å². The first-order valence-electron chi connectivity index (χ1n) is 14.5. The van der Waals surface area contributed by atoms with Crippen molar-refractivity contribution in [1.29, 1.82) is 0 Å². The van der Waals surface area contributed by atoms with Gasteiger partial charge in [-0.25, -0.2) is 23.4 Å². The zero-order valence-electron chi connectivity index (χ0n) is 23.7. The summed E-state index contributed by atoms with van der Waals surface area (Å²) in [7, 11) is -3.55. The van der Waals surface area contributed by atoms with E-state index in [0.717, 1.165) is 60.7 Å². The van der Waals surface area contributed by atoms with E-state index in [1.54, 1.807) is 18.5 Å². The van der Waals surface area contributed by atoms with Crippen molar-refractivity contribution in [1.82, 2.24) is 20.3 Å². The van der Waals surface area contributed by atoms with Gasteiger partial charge in [0.1, 0.15) is 5.75 Å². The highest BCUT2D eigenvalue weighted by Gasteiger charge is 2.23. The molecule has 2 fully saturated rings. The summed E-state index contributed by atoms with van der Waals surface area (Å²) in [5.74, 6) is 1.75. The van der Waals surface area contributed by atoms with E-state index in [0.29, 0.717) is 42.2 Å². The molecule has 1 atom stereocenters. The van der Waals surface area contributed by atoms with Crippen LogP contribution in [0.15, 0.2) is 60.9 Å². The summed E-state index contributed by atoms with van der Waals surface area (Å²) in [5.41, 5.74) is 2.85. The van der Waals surface area contributed by atoms with Gasteiger partial charge in [0, 0.05) is 49.0 Å². The molecule has 2 saturated heterocycles. The molecule has 2 aromatic carbocycles. The zero-order chi connectivity index (χ0) is 28.9. The quantitative estimate of drug-likeness (QED) is 0.244. The van der Waals surface area contributed by atoms with Gasteiger partial charge in [0.05, 0.1) is 22.7 Å². The average Bonchev–Trinajstić information content (AvgIpc) is 3.00. The summed E-state index contributed by atoms with van der Waals surface area (Å²) in [6.07, 6.45) is 7.10. The van der Waals surface area contributed by atoms with Gasteiger partial charge in [-0.05, 0) is 74.9 Å². The topological polar surface area (TPSA) is 127 Å². The Morgan fingerprint density at radius 1 is 1.00 bits per heavy atom. The van der Waals surface area contributed by atoms with Gasteiger partial charge in [-0.3, -0.25) is 4.72 Å². The third-order valence-electron chi connectivity index (χ3n) is 7.80. The highest BCUT2D eigenvalue weighted by Crippen LogP contribution is 2.39. The number of hydrogen-bond donors (Lipinski definition) is 3. The molecule has 2 aliphatic rings. The van der Waals surface area contributed by atoms with Gasteiger partial charge in [0.15, 0.2) is 0 Å².